The van der Waals surface area contributed by atoms with Crippen LogP contribution in [0, 0.1) is 0 Å². The molecule has 1 aromatic heterocycles. The lowest BCUT2D eigenvalue weighted by Crippen LogP contribution is -2.28. The Balaban J connectivity index is 2.14. The van der Waals surface area contributed by atoms with Crippen LogP contribution in [0.15, 0.2) is 35.4 Å². The van der Waals surface area contributed by atoms with E-state index in [1.165, 1.54) is 10.3 Å². The van der Waals surface area contributed by atoms with Crippen molar-refractivity contribution in [2.24, 2.45) is 0 Å². The van der Waals surface area contributed by atoms with Gasteiger partial charge in [-0.15, -0.1) is 11.8 Å². The molecule has 2 rings (SSSR count). The molecule has 2 aromatic rings. The minimum atomic E-state index is 0.950. The van der Waals surface area contributed by atoms with Crippen LogP contribution < -0.4 is 5.32 Å². The summed E-state index contributed by atoms with van der Waals surface area (Å²) in [5.74, 6) is 0. The first-order valence-electron chi connectivity index (χ1n) is 7.18. The number of pyridine rings is 1. The molecule has 20 heavy (non-hydrogen) atoms. The number of nitrogens with zero attached hydrogens (tertiary/aromatic N) is 2. The summed E-state index contributed by atoms with van der Waals surface area (Å²) >= 11 is 1.77. The Morgan fingerprint density at radius 2 is 2.00 bits per heavy atom. The molecule has 0 bridgehead atoms. The minimum absolute atomic E-state index is 0.950. The number of likely N-dealkylation sites (N-methyl/N-ethyl adjacent to an activating group) is 1. The summed E-state index contributed by atoms with van der Waals surface area (Å²) in [6.07, 6.45) is 4.00. The van der Waals surface area contributed by atoms with E-state index in [9.17, 15) is 0 Å². The summed E-state index contributed by atoms with van der Waals surface area (Å²) in [6, 6.07) is 8.43. The maximum Gasteiger partial charge on any atom is 0.0944 e. The molecule has 0 fully saturated rings. The predicted octanol–water partition coefficient (Wildman–Crippen LogP) is 3.71. The quantitative estimate of drug-likeness (QED) is 0.787. The molecule has 0 amide bonds. The lowest BCUT2D eigenvalue weighted by molar-refractivity contribution is 0.316. The predicted molar refractivity (Wildman–Crippen MR) is 89.8 cm³/mol. The van der Waals surface area contributed by atoms with Crippen molar-refractivity contribution in [3.8, 4) is 0 Å². The van der Waals surface area contributed by atoms with Crippen molar-refractivity contribution in [1.29, 1.82) is 0 Å². The molecular formula is C16H23N3S. The van der Waals surface area contributed by atoms with Crippen molar-refractivity contribution in [1.82, 2.24) is 9.88 Å². The topological polar surface area (TPSA) is 28.2 Å². The molecule has 0 aliphatic rings. The Morgan fingerprint density at radius 3 is 2.70 bits per heavy atom. The normalized spacial score (nSPS) is 11.2. The third kappa shape index (κ3) is 3.44. The molecular weight excluding hydrogens is 266 g/mol. The maximum absolute atomic E-state index is 4.54. The highest BCUT2D eigenvalue weighted by atomic mass is 32.2. The Hall–Kier alpha value is -1.26. The summed E-state index contributed by atoms with van der Waals surface area (Å²) in [7, 11) is 0. The second-order valence-electron chi connectivity index (χ2n) is 4.67. The molecule has 0 aliphatic carbocycles. The van der Waals surface area contributed by atoms with Gasteiger partial charge >= 0.3 is 0 Å². The zero-order chi connectivity index (χ0) is 14.4. The number of fused-ring (bicyclic) bond motifs is 1. The van der Waals surface area contributed by atoms with E-state index < -0.39 is 0 Å². The molecule has 0 unspecified atom stereocenters. The molecule has 1 heterocycles. The first kappa shape index (κ1) is 15.1. The summed E-state index contributed by atoms with van der Waals surface area (Å²) in [5.41, 5.74) is 2.20. The fourth-order valence-electron chi connectivity index (χ4n) is 2.36. The number of benzene rings is 1. The van der Waals surface area contributed by atoms with Gasteiger partial charge in [0, 0.05) is 29.6 Å². The average molecular weight is 289 g/mol. The molecule has 0 spiro atoms. The van der Waals surface area contributed by atoms with Gasteiger partial charge in [0.1, 0.15) is 0 Å². The number of aromatic nitrogens is 1. The molecule has 0 saturated carbocycles. The molecule has 0 aliphatic heterocycles. The molecule has 4 heteroatoms. The van der Waals surface area contributed by atoms with E-state index in [-0.39, 0.29) is 0 Å². The Labute approximate surface area is 125 Å². The second kappa shape index (κ2) is 7.50. The first-order valence-corrected chi connectivity index (χ1v) is 8.40. The number of thioether (sulfide) groups is 1. The fraction of sp³-hybridized carbons (Fsp3) is 0.438. The van der Waals surface area contributed by atoms with Crippen LogP contribution in [0.5, 0.6) is 0 Å². The maximum atomic E-state index is 4.54. The largest absolute Gasteiger partial charge is 0.382 e. The van der Waals surface area contributed by atoms with E-state index in [4.69, 9.17) is 0 Å². The zero-order valence-electron chi connectivity index (χ0n) is 12.5. The molecule has 0 saturated heterocycles. The van der Waals surface area contributed by atoms with Gasteiger partial charge in [0.2, 0.25) is 0 Å². The highest BCUT2D eigenvalue weighted by Crippen LogP contribution is 2.28. The van der Waals surface area contributed by atoms with Crippen LogP contribution in [0.3, 0.4) is 0 Å². The van der Waals surface area contributed by atoms with Crippen molar-refractivity contribution in [3.05, 3.63) is 30.5 Å². The van der Waals surface area contributed by atoms with Crippen LogP contribution in [0.1, 0.15) is 13.8 Å². The van der Waals surface area contributed by atoms with Gasteiger partial charge < -0.3 is 10.2 Å². The summed E-state index contributed by atoms with van der Waals surface area (Å²) in [5, 5.41) is 4.75. The van der Waals surface area contributed by atoms with E-state index in [1.54, 1.807) is 11.8 Å². The van der Waals surface area contributed by atoms with E-state index in [0.717, 1.165) is 37.4 Å². The van der Waals surface area contributed by atoms with Crippen molar-refractivity contribution < 1.29 is 0 Å². The number of hydrogen-bond donors (Lipinski definition) is 1. The fourth-order valence-corrected chi connectivity index (χ4v) is 2.94. The number of anilines is 1. The van der Waals surface area contributed by atoms with Crippen LogP contribution in [0.25, 0.3) is 10.9 Å². The van der Waals surface area contributed by atoms with E-state index >= 15 is 0 Å². The van der Waals surface area contributed by atoms with Crippen molar-refractivity contribution in [2.75, 3.05) is 37.8 Å². The van der Waals surface area contributed by atoms with Crippen molar-refractivity contribution >= 4 is 28.4 Å². The summed E-state index contributed by atoms with van der Waals surface area (Å²) in [4.78, 5) is 8.23. The number of nitrogens with one attached hydrogen (secondary N) is 1. The lowest BCUT2D eigenvalue weighted by Gasteiger charge is -2.19. The number of rotatable bonds is 7. The zero-order valence-corrected chi connectivity index (χ0v) is 13.3. The Kier molecular flexibility index (Phi) is 5.68. The standard InChI is InChI=1S/C16H23N3S/c1-4-19(5-2)12-11-17-14-8-6-7-13-15(20-3)9-10-18-16(13)14/h6-10,17H,4-5,11-12H2,1-3H3. The molecule has 0 atom stereocenters. The van der Waals surface area contributed by atoms with Crippen molar-refractivity contribution in [2.45, 2.75) is 18.7 Å². The van der Waals surface area contributed by atoms with Crippen LogP contribution in [-0.4, -0.2) is 42.3 Å². The highest BCUT2D eigenvalue weighted by molar-refractivity contribution is 7.98. The Morgan fingerprint density at radius 1 is 1.20 bits per heavy atom. The number of para-hydroxylation sites is 1. The van der Waals surface area contributed by atoms with E-state index in [1.807, 2.05) is 6.20 Å². The average Bonchev–Trinajstić information content (AvgIpc) is 2.51. The monoisotopic (exact) mass is 289 g/mol. The van der Waals surface area contributed by atoms with Gasteiger partial charge in [0.05, 0.1) is 11.2 Å². The van der Waals surface area contributed by atoms with Crippen LogP contribution in [0.2, 0.25) is 0 Å². The van der Waals surface area contributed by atoms with E-state index in [2.05, 4.69) is 59.6 Å². The Bertz CT molecular complexity index is 552. The first-order chi connectivity index (χ1) is 9.80. The summed E-state index contributed by atoms with van der Waals surface area (Å²) in [6.45, 7) is 8.62. The smallest absolute Gasteiger partial charge is 0.0944 e. The molecule has 3 nitrogen and oxygen atoms in total. The van der Waals surface area contributed by atoms with Crippen molar-refractivity contribution in [3.63, 3.8) is 0 Å². The van der Waals surface area contributed by atoms with Crippen LogP contribution in [0.4, 0.5) is 5.69 Å². The van der Waals surface area contributed by atoms with Gasteiger partial charge in [-0.3, -0.25) is 4.98 Å². The van der Waals surface area contributed by atoms with Gasteiger partial charge in [-0.05, 0) is 31.5 Å². The third-order valence-corrected chi connectivity index (χ3v) is 4.38. The molecule has 1 N–H and O–H groups in total. The molecule has 0 radical (unpaired) electrons. The lowest BCUT2D eigenvalue weighted by atomic mass is 10.2. The van der Waals surface area contributed by atoms with Crippen LogP contribution in [-0.2, 0) is 0 Å². The minimum Gasteiger partial charge on any atom is -0.382 e. The van der Waals surface area contributed by atoms with Gasteiger partial charge in [-0.1, -0.05) is 26.0 Å². The van der Waals surface area contributed by atoms with Gasteiger partial charge in [0.15, 0.2) is 0 Å². The van der Waals surface area contributed by atoms with Crippen LogP contribution >= 0.6 is 11.8 Å². The molecule has 1 aromatic carbocycles. The summed E-state index contributed by atoms with van der Waals surface area (Å²) < 4.78 is 0. The van der Waals surface area contributed by atoms with E-state index in [0.29, 0.717) is 0 Å². The third-order valence-electron chi connectivity index (χ3n) is 3.59. The highest BCUT2D eigenvalue weighted by Gasteiger charge is 2.06. The second-order valence-corrected chi connectivity index (χ2v) is 5.52. The van der Waals surface area contributed by atoms with Gasteiger partial charge in [0.25, 0.3) is 0 Å². The van der Waals surface area contributed by atoms with Gasteiger partial charge in [-0.2, -0.15) is 0 Å². The number of hydrogen-bond acceptors (Lipinski definition) is 4. The molecule has 108 valence electrons. The SMILES string of the molecule is CCN(CC)CCNc1cccc2c(SC)ccnc12. The van der Waals surface area contributed by atoms with Gasteiger partial charge in [-0.25, -0.2) is 0 Å².